The topological polar surface area (TPSA) is 110 Å². The molecule has 30 heavy (non-hydrogen) atoms. The van der Waals surface area contributed by atoms with E-state index < -0.39 is 10.0 Å². The number of nitrogens with one attached hydrogen (secondary N) is 2. The minimum atomic E-state index is -3.81. The van der Waals surface area contributed by atoms with Crippen molar-refractivity contribution in [3.05, 3.63) is 60.2 Å². The van der Waals surface area contributed by atoms with Gasteiger partial charge in [0, 0.05) is 23.7 Å². The number of hydrogen-bond donors (Lipinski definition) is 2. The highest BCUT2D eigenvalue weighted by Crippen LogP contribution is 2.27. The van der Waals surface area contributed by atoms with Crippen molar-refractivity contribution in [2.75, 3.05) is 17.1 Å². The Bertz CT molecular complexity index is 1140. The first-order valence-corrected chi connectivity index (χ1v) is 10.7. The molecule has 0 unspecified atom stereocenters. The van der Waals surface area contributed by atoms with Crippen LogP contribution in [0.3, 0.4) is 0 Å². The summed E-state index contributed by atoms with van der Waals surface area (Å²) in [4.78, 5) is 11.6. The molecule has 8 nitrogen and oxygen atoms in total. The van der Waals surface area contributed by atoms with Crippen LogP contribution in [-0.2, 0) is 14.8 Å². The van der Waals surface area contributed by atoms with Crippen LogP contribution in [0.4, 0.5) is 11.4 Å². The number of rotatable bonds is 7. The number of anilines is 2. The average molecular weight is 426 g/mol. The molecule has 0 bridgehead atoms. The zero-order valence-electron chi connectivity index (χ0n) is 16.8. The lowest BCUT2D eigenvalue weighted by Gasteiger charge is -2.13. The summed E-state index contributed by atoms with van der Waals surface area (Å²) in [7, 11) is -2.31. The van der Waals surface area contributed by atoms with Gasteiger partial charge in [-0.15, -0.1) is 10.2 Å². The summed E-state index contributed by atoms with van der Waals surface area (Å²) in [5.74, 6) is 0.253. The van der Waals surface area contributed by atoms with Crippen molar-refractivity contribution in [3.8, 4) is 17.1 Å². The number of hydrogen-bond acceptors (Lipinski definition) is 6. The number of aromatic nitrogens is 2. The number of sulfonamides is 1. The van der Waals surface area contributed by atoms with Crippen molar-refractivity contribution in [1.82, 2.24) is 10.2 Å². The summed E-state index contributed by atoms with van der Waals surface area (Å²) in [5, 5.41) is 10.7. The van der Waals surface area contributed by atoms with E-state index >= 15 is 0 Å². The van der Waals surface area contributed by atoms with E-state index in [1.165, 1.54) is 19.2 Å². The van der Waals surface area contributed by atoms with Crippen molar-refractivity contribution >= 4 is 27.3 Å². The number of carbonyl (C=O) groups excluding carboxylic acids is 1. The maximum absolute atomic E-state index is 12.8. The second-order valence-electron chi connectivity index (χ2n) is 6.52. The Morgan fingerprint density at radius 1 is 1.03 bits per heavy atom. The van der Waals surface area contributed by atoms with Gasteiger partial charge in [0.1, 0.15) is 0 Å². The molecule has 156 valence electrons. The number of carbonyl (C=O) groups is 1. The van der Waals surface area contributed by atoms with Crippen molar-refractivity contribution in [2.45, 2.75) is 25.2 Å². The molecule has 1 heterocycles. The van der Waals surface area contributed by atoms with E-state index in [0.29, 0.717) is 34.9 Å². The predicted molar refractivity (Wildman–Crippen MR) is 115 cm³/mol. The molecule has 0 fully saturated rings. The molecular formula is C21H22N4O4S. The van der Waals surface area contributed by atoms with Gasteiger partial charge in [0.2, 0.25) is 11.8 Å². The Hall–Kier alpha value is -3.46. The second-order valence-corrected chi connectivity index (χ2v) is 8.20. The molecule has 2 aromatic carbocycles. The van der Waals surface area contributed by atoms with Gasteiger partial charge in [0.05, 0.1) is 23.4 Å². The first-order valence-electron chi connectivity index (χ1n) is 9.24. The molecule has 0 spiro atoms. The van der Waals surface area contributed by atoms with Gasteiger partial charge in [-0.05, 0) is 48.9 Å². The van der Waals surface area contributed by atoms with Crippen molar-refractivity contribution in [3.63, 3.8) is 0 Å². The van der Waals surface area contributed by atoms with Crippen LogP contribution in [-0.4, -0.2) is 31.6 Å². The largest absolute Gasteiger partial charge is 0.480 e. The SMILES string of the molecule is CCC(=O)Nc1ccc(S(=O)(=O)Nc2cc(-c3ccc(OC)nn3)ccc2C)cc1. The lowest BCUT2D eigenvalue weighted by molar-refractivity contribution is -0.115. The van der Waals surface area contributed by atoms with E-state index in [1.54, 1.807) is 37.3 Å². The lowest BCUT2D eigenvalue weighted by Crippen LogP contribution is -2.14. The number of nitrogens with zero attached hydrogens (tertiary/aromatic N) is 2. The van der Waals surface area contributed by atoms with Gasteiger partial charge in [-0.1, -0.05) is 19.1 Å². The minimum Gasteiger partial charge on any atom is -0.480 e. The zero-order valence-corrected chi connectivity index (χ0v) is 17.7. The van der Waals surface area contributed by atoms with Crippen LogP contribution in [0, 0.1) is 6.92 Å². The molecule has 1 amide bonds. The smallest absolute Gasteiger partial charge is 0.261 e. The Labute approximate surface area is 175 Å². The van der Waals surface area contributed by atoms with Gasteiger partial charge in [0.15, 0.2) is 0 Å². The lowest BCUT2D eigenvalue weighted by atomic mass is 10.1. The zero-order chi connectivity index (χ0) is 21.7. The van der Waals surface area contributed by atoms with Crippen LogP contribution >= 0.6 is 0 Å². The van der Waals surface area contributed by atoms with Gasteiger partial charge in [-0.3, -0.25) is 9.52 Å². The molecule has 3 aromatic rings. The van der Waals surface area contributed by atoms with Crippen LogP contribution in [0.1, 0.15) is 18.9 Å². The van der Waals surface area contributed by atoms with Gasteiger partial charge in [0.25, 0.3) is 10.0 Å². The second kappa shape index (κ2) is 8.91. The molecule has 1 aromatic heterocycles. The molecule has 0 saturated heterocycles. The molecule has 2 N–H and O–H groups in total. The maximum Gasteiger partial charge on any atom is 0.261 e. The highest BCUT2D eigenvalue weighted by atomic mass is 32.2. The molecule has 0 saturated carbocycles. The number of amides is 1. The van der Waals surface area contributed by atoms with Gasteiger partial charge in [-0.2, -0.15) is 0 Å². The standard InChI is InChI=1S/C21H22N4O4S/c1-4-20(26)22-16-7-9-17(10-8-16)30(27,28)25-19-13-15(6-5-14(19)2)18-11-12-21(29-3)24-23-18/h5-13,25H,4H2,1-3H3,(H,22,26). The molecule has 0 atom stereocenters. The average Bonchev–Trinajstić information content (AvgIpc) is 2.75. The molecule has 3 rings (SSSR count). The Kier molecular flexibility index (Phi) is 6.31. The van der Waals surface area contributed by atoms with Crippen LogP contribution in [0.15, 0.2) is 59.5 Å². The summed E-state index contributed by atoms with van der Waals surface area (Å²) < 4.78 is 33.3. The fourth-order valence-corrected chi connectivity index (χ4v) is 3.77. The van der Waals surface area contributed by atoms with Crippen molar-refractivity contribution < 1.29 is 17.9 Å². The first kappa shape index (κ1) is 21.3. The quantitative estimate of drug-likeness (QED) is 0.597. The molecule has 0 radical (unpaired) electrons. The summed E-state index contributed by atoms with van der Waals surface area (Å²) in [5.41, 5.74) is 3.04. The summed E-state index contributed by atoms with van der Waals surface area (Å²) in [6, 6.07) is 14.8. The predicted octanol–water partition coefficient (Wildman–Crippen LogP) is 3.61. The summed E-state index contributed by atoms with van der Waals surface area (Å²) in [6.45, 7) is 3.55. The van der Waals surface area contributed by atoms with E-state index in [0.717, 1.165) is 5.56 Å². The van der Waals surface area contributed by atoms with Crippen molar-refractivity contribution in [2.24, 2.45) is 0 Å². The van der Waals surface area contributed by atoms with E-state index in [2.05, 4.69) is 20.2 Å². The molecule has 0 aliphatic rings. The Balaban J connectivity index is 1.84. The van der Waals surface area contributed by atoms with Gasteiger partial charge >= 0.3 is 0 Å². The first-order chi connectivity index (χ1) is 14.3. The number of methoxy groups -OCH3 is 1. The Morgan fingerprint density at radius 3 is 2.37 bits per heavy atom. The molecular weight excluding hydrogens is 404 g/mol. The number of benzene rings is 2. The third kappa shape index (κ3) is 4.93. The fraction of sp³-hybridized carbons (Fsp3) is 0.190. The minimum absolute atomic E-state index is 0.0889. The van der Waals surface area contributed by atoms with Crippen LogP contribution in [0.5, 0.6) is 5.88 Å². The van der Waals surface area contributed by atoms with Crippen LogP contribution in [0.25, 0.3) is 11.3 Å². The van der Waals surface area contributed by atoms with Crippen LogP contribution in [0.2, 0.25) is 0 Å². The fourth-order valence-electron chi connectivity index (χ4n) is 2.64. The van der Waals surface area contributed by atoms with Crippen LogP contribution < -0.4 is 14.8 Å². The van der Waals surface area contributed by atoms with Gasteiger partial charge < -0.3 is 10.1 Å². The maximum atomic E-state index is 12.8. The van der Waals surface area contributed by atoms with E-state index in [-0.39, 0.29) is 10.8 Å². The van der Waals surface area contributed by atoms with E-state index in [4.69, 9.17) is 4.74 Å². The summed E-state index contributed by atoms with van der Waals surface area (Å²) >= 11 is 0. The number of ether oxygens (including phenoxy) is 1. The highest BCUT2D eigenvalue weighted by molar-refractivity contribution is 7.92. The third-order valence-corrected chi connectivity index (χ3v) is 5.78. The number of aryl methyl sites for hydroxylation is 1. The summed E-state index contributed by atoms with van der Waals surface area (Å²) in [6.07, 6.45) is 0.343. The van der Waals surface area contributed by atoms with E-state index in [1.807, 2.05) is 19.1 Å². The van der Waals surface area contributed by atoms with Gasteiger partial charge in [-0.25, -0.2) is 8.42 Å². The third-order valence-electron chi connectivity index (χ3n) is 4.40. The molecule has 0 aliphatic carbocycles. The Morgan fingerprint density at radius 2 is 1.77 bits per heavy atom. The monoisotopic (exact) mass is 426 g/mol. The normalized spacial score (nSPS) is 11.0. The van der Waals surface area contributed by atoms with E-state index in [9.17, 15) is 13.2 Å². The van der Waals surface area contributed by atoms with Crippen molar-refractivity contribution in [1.29, 1.82) is 0 Å². The highest BCUT2D eigenvalue weighted by Gasteiger charge is 2.16. The molecule has 9 heteroatoms. The molecule has 0 aliphatic heterocycles.